The van der Waals surface area contributed by atoms with Crippen molar-refractivity contribution in [2.75, 3.05) is 24.5 Å². The van der Waals surface area contributed by atoms with Gasteiger partial charge < -0.3 is 10.2 Å². The van der Waals surface area contributed by atoms with Gasteiger partial charge in [0.05, 0.1) is 0 Å². The molecule has 0 aromatic heterocycles. The van der Waals surface area contributed by atoms with E-state index in [0.29, 0.717) is 6.04 Å². The normalized spacial score (nSPS) is 21.9. The van der Waals surface area contributed by atoms with Crippen molar-refractivity contribution in [2.24, 2.45) is 0 Å². The molecule has 0 spiro atoms. The Morgan fingerprint density at radius 2 is 2.25 bits per heavy atom. The molecule has 0 amide bonds. The first-order valence-corrected chi connectivity index (χ1v) is 6.70. The fourth-order valence-corrected chi connectivity index (χ4v) is 2.60. The molecule has 1 atom stereocenters. The van der Waals surface area contributed by atoms with Crippen LogP contribution < -0.4 is 10.2 Å². The zero-order valence-electron chi connectivity index (χ0n) is 9.96. The van der Waals surface area contributed by atoms with Gasteiger partial charge in [-0.15, -0.1) is 0 Å². The van der Waals surface area contributed by atoms with Crippen LogP contribution in [0.25, 0.3) is 0 Å². The van der Waals surface area contributed by atoms with Gasteiger partial charge in [-0.1, -0.05) is 22.0 Å². The topological polar surface area (TPSA) is 15.3 Å². The Bertz CT molecular complexity index is 365. The van der Waals surface area contributed by atoms with Crippen molar-refractivity contribution in [3.63, 3.8) is 0 Å². The molecule has 1 aromatic carbocycles. The average Bonchev–Trinajstić information content (AvgIpc) is 2.46. The molecule has 0 radical (unpaired) electrons. The predicted molar refractivity (Wildman–Crippen MR) is 73.2 cm³/mol. The lowest BCUT2D eigenvalue weighted by molar-refractivity contribution is 0.584. The van der Waals surface area contributed by atoms with Crippen LogP contribution in [0.4, 0.5) is 5.69 Å². The molecular formula is C13H19BrN2. The standard InChI is InChI=1S/C13H19BrN2/c1-10-4-5-12(14)8-13(10)16-7-3-6-15-11(2)9-16/h4-5,8,11,15H,3,6-7,9H2,1-2H3. The van der Waals surface area contributed by atoms with Crippen LogP contribution in [-0.2, 0) is 0 Å². The van der Waals surface area contributed by atoms with E-state index in [0.717, 1.165) is 24.1 Å². The fraction of sp³-hybridized carbons (Fsp3) is 0.538. The Balaban J connectivity index is 2.24. The molecule has 2 nitrogen and oxygen atoms in total. The van der Waals surface area contributed by atoms with Crippen molar-refractivity contribution in [3.8, 4) is 0 Å². The Labute approximate surface area is 106 Å². The summed E-state index contributed by atoms with van der Waals surface area (Å²) in [6.07, 6.45) is 1.22. The number of rotatable bonds is 1. The Morgan fingerprint density at radius 3 is 3.06 bits per heavy atom. The lowest BCUT2D eigenvalue weighted by atomic mass is 10.1. The molecule has 1 aliphatic rings. The second-order valence-corrected chi connectivity index (χ2v) is 5.50. The summed E-state index contributed by atoms with van der Waals surface area (Å²) in [6, 6.07) is 7.09. The van der Waals surface area contributed by atoms with E-state index in [2.05, 4.69) is 58.2 Å². The molecule has 1 N–H and O–H groups in total. The highest BCUT2D eigenvalue weighted by Gasteiger charge is 2.15. The molecule has 0 aliphatic carbocycles. The van der Waals surface area contributed by atoms with Crippen LogP contribution in [0.2, 0.25) is 0 Å². The number of hydrogen-bond acceptors (Lipinski definition) is 2. The largest absolute Gasteiger partial charge is 0.370 e. The molecule has 16 heavy (non-hydrogen) atoms. The Kier molecular flexibility index (Phi) is 3.87. The van der Waals surface area contributed by atoms with E-state index in [-0.39, 0.29) is 0 Å². The third kappa shape index (κ3) is 2.77. The summed E-state index contributed by atoms with van der Waals surface area (Å²) < 4.78 is 1.16. The number of halogens is 1. The van der Waals surface area contributed by atoms with Gasteiger partial charge >= 0.3 is 0 Å². The highest BCUT2D eigenvalue weighted by molar-refractivity contribution is 9.10. The van der Waals surface area contributed by atoms with Crippen LogP contribution in [0, 0.1) is 6.92 Å². The predicted octanol–water partition coefficient (Wildman–Crippen LogP) is 2.95. The van der Waals surface area contributed by atoms with Crippen LogP contribution >= 0.6 is 15.9 Å². The summed E-state index contributed by atoms with van der Waals surface area (Å²) in [5.74, 6) is 0. The zero-order valence-corrected chi connectivity index (χ0v) is 11.5. The van der Waals surface area contributed by atoms with Gasteiger partial charge in [0, 0.05) is 29.3 Å². The summed E-state index contributed by atoms with van der Waals surface area (Å²) in [4.78, 5) is 2.49. The number of hydrogen-bond donors (Lipinski definition) is 1. The zero-order chi connectivity index (χ0) is 11.5. The van der Waals surface area contributed by atoms with E-state index in [1.54, 1.807) is 0 Å². The van der Waals surface area contributed by atoms with Crippen LogP contribution in [-0.4, -0.2) is 25.7 Å². The highest BCUT2D eigenvalue weighted by atomic mass is 79.9. The van der Waals surface area contributed by atoms with Crippen molar-refractivity contribution in [1.29, 1.82) is 0 Å². The van der Waals surface area contributed by atoms with Gasteiger partial charge in [-0.25, -0.2) is 0 Å². The van der Waals surface area contributed by atoms with Gasteiger partial charge in [0.15, 0.2) is 0 Å². The van der Waals surface area contributed by atoms with Crippen LogP contribution in [0.3, 0.4) is 0 Å². The number of nitrogens with zero attached hydrogens (tertiary/aromatic N) is 1. The Morgan fingerprint density at radius 1 is 1.44 bits per heavy atom. The summed E-state index contributed by atoms with van der Waals surface area (Å²) in [5, 5.41) is 3.52. The lowest BCUT2D eigenvalue weighted by Crippen LogP contribution is -2.35. The molecule has 1 aromatic rings. The number of aryl methyl sites for hydroxylation is 1. The Hall–Kier alpha value is -0.540. The van der Waals surface area contributed by atoms with E-state index < -0.39 is 0 Å². The third-order valence-corrected chi connectivity index (χ3v) is 3.60. The van der Waals surface area contributed by atoms with Crippen molar-refractivity contribution >= 4 is 21.6 Å². The van der Waals surface area contributed by atoms with E-state index in [1.165, 1.54) is 17.7 Å². The smallest absolute Gasteiger partial charge is 0.0407 e. The maximum absolute atomic E-state index is 3.56. The van der Waals surface area contributed by atoms with Crippen LogP contribution in [0.15, 0.2) is 22.7 Å². The number of anilines is 1. The maximum atomic E-state index is 3.56. The minimum absolute atomic E-state index is 0.570. The molecule has 3 heteroatoms. The van der Waals surface area contributed by atoms with E-state index in [4.69, 9.17) is 0 Å². The number of nitrogens with one attached hydrogen (secondary N) is 1. The SMILES string of the molecule is Cc1ccc(Br)cc1N1CCCNC(C)C1. The number of benzene rings is 1. The summed E-state index contributed by atoms with van der Waals surface area (Å²) >= 11 is 3.56. The molecule has 0 bridgehead atoms. The van der Waals surface area contributed by atoms with Gasteiger partial charge in [-0.3, -0.25) is 0 Å². The summed E-state index contributed by atoms with van der Waals surface area (Å²) in [7, 11) is 0. The van der Waals surface area contributed by atoms with Crippen LogP contribution in [0.1, 0.15) is 18.9 Å². The molecule has 1 unspecified atom stereocenters. The molecule has 2 rings (SSSR count). The molecule has 0 saturated carbocycles. The highest BCUT2D eigenvalue weighted by Crippen LogP contribution is 2.25. The van der Waals surface area contributed by atoms with E-state index in [1.807, 2.05) is 0 Å². The maximum Gasteiger partial charge on any atom is 0.0407 e. The minimum atomic E-state index is 0.570. The molecule has 1 heterocycles. The van der Waals surface area contributed by atoms with E-state index in [9.17, 15) is 0 Å². The van der Waals surface area contributed by atoms with Crippen molar-refractivity contribution < 1.29 is 0 Å². The minimum Gasteiger partial charge on any atom is -0.370 e. The van der Waals surface area contributed by atoms with Gasteiger partial charge in [-0.05, 0) is 44.5 Å². The first-order chi connectivity index (χ1) is 7.66. The average molecular weight is 283 g/mol. The quantitative estimate of drug-likeness (QED) is 0.852. The van der Waals surface area contributed by atoms with Gasteiger partial charge in [-0.2, -0.15) is 0 Å². The van der Waals surface area contributed by atoms with E-state index >= 15 is 0 Å². The first-order valence-electron chi connectivity index (χ1n) is 5.91. The van der Waals surface area contributed by atoms with Gasteiger partial charge in [0.1, 0.15) is 0 Å². The summed E-state index contributed by atoms with van der Waals surface area (Å²) in [6.45, 7) is 7.81. The molecule has 1 fully saturated rings. The fourth-order valence-electron chi connectivity index (χ4n) is 2.25. The summed E-state index contributed by atoms with van der Waals surface area (Å²) in [5.41, 5.74) is 2.72. The van der Waals surface area contributed by atoms with Gasteiger partial charge in [0.2, 0.25) is 0 Å². The second-order valence-electron chi connectivity index (χ2n) is 4.59. The molecular weight excluding hydrogens is 264 g/mol. The molecule has 1 aliphatic heterocycles. The first kappa shape index (κ1) is 11.9. The van der Waals surface area contributed by atoms with Crippen molar-refractivity contribution in [3.05, 3.63) is 28.2 Å². The van der Waals surface area contributed by atoms with Crippen molar-refractivity contribution in [2.45, 2.75) is 26.3 Å². The second kappa shape index (κ2) is 5.19. The monoisotopic (exact) mass is 282 g/mol. The molecule has 1 saturated heterocycles. The lowest BCUT2D eigenvalue weighted by Gasteiger charge is -2.26. The third-order valence-electron chi connectivity index (χ3n) is 3.10. The van der Waals surface area contributed by atoms with Crippen molar-refractivity contribution in [1.82, 2.24) is 5.32 Å². The molecule has 88 valence electrons. The van der Waals surface area contributed by atoms with Gasteiger partial charge in [0.25, 0.3) is 0 Å². The van der Waals surface area contributed by atoms with Crippen LogP contribution in [0.5, 0.6) is 0 Å².